The molecule has 2 amide bonds. The van der Waals surface area contributed by atoms with Crippen molar-refractivity contribution < 1.29 is 27.6 Å². The van der Waals surface area contributed by atoms with E-state index in [9.17, 15) is 23.1 Å². The molecule has 2 atom stereocenters. The van der Waals surface area contributed by atoms with Crippen LogP contribution in [0.5, 0.6) is 0 Å². The molecule has 0 aromatic carbocycles. The van der Waals surface area contributed by atoms with Crippen molar-refractivity contribution >= 4 is 11.8 Å². The highest BCUT2D eigenvalue weighted by molar-refractivity contribution is 5.93. The van der Waals surface area contributed by atoms with Crippen molar-refractivity contribution in [1.82, 2.24) is 10.1 Å². The van der Waals surface area contributed by atoms with Crippen molar-refractivity contribution in [2.24, 2.45) is 0 Å². The zero-order chi connectivity index (χ0) is 13.7. The maximum Gasteiger partial charge on any atom is 0.452 e. The van der Waals surface area contributed by atoms with E-state index in [1.165, 1.54) is 11.9 Å². The molecule has 2 heterocycles. The molecule has 0 saturated carbocycles. The van der Waals surface area contributed by atoms with Crippen molar-refractivity contribution in [1.29, 1.82) is 0 Å². The van der Waals surface area contributed by atoms with Gasteiger partial charge in [-0.3, -0.25) is 0 Å². The molecule has 1 N–H and O–H groups in total. The predicted molar refractivity (Wildman–Crippen MR) is 52.6 cm³/mol. The summed E-state index contributed by atoms with van der Waals surface area (Å²) in [5.41, 5.74) is 0. The summed E-state index contributed by atoms with van der Waals surface area (Å²) in [4.78, 5) is 13.7. The van der Waals surface area contributed by atoms with Crippen LogP contribution in [0.25, 0.3) is 0 Å². The van der Waals surface area contributed by atoms with E-state index in [1.54, 1.807) is 6.92 Å². The Morgan fingerprint density at radius 3 is 2.50 bits per heavy atom. The van der Waals surface area contributed by atoms with E-state index in [-0.39, 0.29) is 5.82 Å². The fourth-order valence-corrected chi connectivity index (χ4v) is 1.62. The van der Waals surface area contributed by atoms with Crippen molar-refractivity contribution in [3.8, 4) is 0 Å². The maximum atomic E-state index is 12.3. The summed E-state index contributed by atoms with van der Waals surface area (Å²) in [5.74, 6) is -1.68. The maximum absolute atomic E-state index is 12.3. The number of aromatic nitrogens is 1. The largest absolute Gasteiger partial charge is 0.452 e. The van der Waals surface area contributed by atoms with Gasteiger partial charge in [0, 0.05) is 13.1 Å². The third kappa shape index (κ3) is 1.80. The number of aliphatic hydroxyl groups is 1. The molecule has 2 rings (SSSR count). The molecule has 6 nitrogen and oxygen atoms in total. The highest BCUT2D eigenvalue weighted by Gasteiger charge is 2.44. The SMILES string of the molecule is CC1C(O)N(c2cc(C(F)(F)F)on2)C(=O)N1C. The van der Waals surface area contributed by atoms with Gasteiger partial charge in [-0.15, -0.1) is 0 Å². The van der Waals surface area contributed by atoms with Crippen LogP contribution in [0.1, 0.15) is 12.7 Å². The molecule has 0 spiro atoms. The number of nitrogens with zero attached hydrogens (tertiary/aromatic N) is 3. The summed E-state index contributed by atoms with van der Waals surface area (Å²) < 4.78 is 41.1. The number of hydrogen-bond acceptors (Lipinski definition) is 4. The number of hydrogen-bond donors (Lipinski definition) is 1. The second kappa shape index (κ2) is 3.87. The molecule has 1 aromatic rings. The molecule has 100 valence electrons. The quantitative estimate of drug-likeness (QED) is 0.830. The van der Waals surface area contributed by atoms with Gasteiger partial charge in [-0.1, -0.05) is 5.16 Å². The topological polar surface area (TPSA) is 69.8 Å². The van der Waals surface area contributed by atoms with E-state index in [4.69, 9.17) is 0 Å². The van der Waals surface area contributed by atoms with Gasteiger partial charge < -0.3 is 14.5 Å². The minimum absolute atomic E-state index is 0.365. The van der Waals surface area contributed by atoms with Gasteiger partial charge in [0.2, 0.25) is 5.76 Å². The second-order valence-electron chi connectivity index (χ2n) is 3.96. The summed E-state index contributed by atoms with van der Waals surface area (Å²) >= 11 is 0. The highest BCUT2D eigenvalue weighted by atomic mass is 19.4. The van der Waals surface area contributed by atoms with Crippen molar-refractivity contribution in [2.45, 2.75) is 25.4 Å². The van der Waals surface area contributed by atoms with E-state index in [2.05, 4.69) is 9.68 Å². The average Bonchev–Trinajstić information content (AvgIpc) is 2.81. The first-order chi connectivity index (χ1) is 8.23. The number of carbonyl (C=O) groups excluding carboxylic acids is 1. The van der Waals surface area contributed by atoms with Gasteiger partial charge in [0.15, 0.2) is 12.0 Å². The first-order valence-corrected chi connectivity index (χ1v) is 5.01. The number of carbonyl (C=O) groups is 1. The molecule has 1 fully saturated rings. The van der Waals surface area contributed by atoms with Gasteiger partial charge in [0.25, 0.3) is 0 Å². The highest BCUT2D eigenvalue weighted by Crippen LogP contribution is 2.33. The summed E-state index contributed by atoms with van der Waals surface area (Å²) in [7, 11) is 1.43. The Morgan fingerprint density at radius 2 is 2.11 bits per heavy atom. The Kier molecular flexibility index (Phi) is 2.73. The molecule has 0 aliphatic carbocycles. The summed E-state index contributed by atoms with van der Waals surface area (Å²) in [6, 6.07) is -0.618. The number of urea groups is 1. The summed E-state index contributed by atoms with van der Waals surface area (Å²) in [6.45, 7) is 1.56. The molecule has 1 aromatic heterocycles. The lowest BCUT2D eigenvalue weighted by Crippen LogP contribution is -2.35. The lowest BCUT2D eigenvalue weighted by molar-refractivity contribution is -0.155. The average molecular weight is 265 g/mol. The second-order valence-corrected chi connectivity index (χ2v) is 3.96. The Labute approximate surface area is 99.6 Å². The van der Waals surface area contributed by atoms with E-state index in [1.807, 2.05) is 0 Å². The number of anilines is 1. The number of aliphatic hydroxyl groups excluding tert-OH is 1. The van der Waals surface area contributed by atoms with Gasteiger partial charge in [-0.2, -0.15) is 13.2 Å². The smallest absolute Gasteiger partial charge is 0.371 e. The Bertz CT molecular complexity index is 473. The molecule has 0 bridgehead atoms. The fourth-order valence-electron chi connectivity index (χ4n) is 1.62. The van der Waals surface area contributed by atoms with Crippen molar-refractivity contribution in [2.75, 3.05) is 11.9 Å². The molecule has 9 heteroatoms. The number of alkyl halides is 3. The van der Waals surface area contributed by atoms with Crippen LogP contribution in [0.3, 0.4) is 0 Å². The lowest BCUT2D eigenvalue weighted by Gasteiger charge is -2.16. The molecule has 18 heavy (non-hydrogen) atoms. The zero-order valence-electron chi connectivity index (χ0n) is 9.47. The summed E-state index contributed by atoms with van der Waals surface area (Å²) in [6.07, 6.45) is -5.95. The van der Waals surface area contributed by atoms with E-state index in [0.29, 0.717) is 6.07 Å². The van der Waals surface area contributed by atoms with Crippen molar-refractivity contribution in [3.63, 3.8) is 0 Å². The Morgan fingerprint density at radius 1 is 1.50 bits per heavy atom. The minimum atomic E-state index is -4.68. The number of amides is 2. The first-order valence-electron chi connectivity index (χ1n) is 5.01. The Hall–Kier alpha value is -1.77. The van der Waals surface area contributed by atoms with Crippen LogP contribution in [0.15, 0.2) is 10.6 Å². The van der Waals surface area contributed by atoms with Gasteiger partial charge in [0.1, 0.15) is 0 Å². The van der Waals surface area contributed by atoms with E-state index >= 15 is 0 Å². The molecular formula is C9H10F3N3O3. The Balaban J connectivity index is 2.33. The monoisotopic (exact) mass is 265 g/mol. The summed E-state index contributed by atoms with van der Waals surface area (Å²) in [5, 5.41) is 12.9. The molecule has 2 unspecified atom stereocenters. The molecular weight excluding hydrogens is 255 g/mol. The lowest BCUT2D eigenvalue weighted by atomic mass is 10.3. The van der Waals surface area contributed by atoms with Gasteiger partial charge in [-0.05, 0) is 6.92 Å². The number of halogens is 3. The van der Waals surface area contributed by atoms with Crippen LogP contribution in [-0.2, 0) is 6.18 Å². The van der Waals surface area contributed by atoms with Gasteiger partial charge >= 0.3 is 12.2 Å². The third-order valence-electron chi connectivity index (χ3n) is 2.84. The van der Waals surface area contributed by atoms with Crippen LogP contribution < -0.4 is 4.90 Å². The van der Waals surface area contributed by atoms with E-state index < -0.39 is 30.2 Å². The molecule has 1 aliphatic heterocycles. The zero-order valence-corrected chi connectivity index (χ0v) is 9.47. The van der Waals surface area contributed by atoms with E-state index in [0.717, 1.165) is 4.90 Å². The van der Waals surface area contributed by atoms with Crippen LogP contribution in [-0.4, -0.2) is 40.5 Å². The van der Waals surface area contributed by atoms with Crippen LogP contribution >= 0.6 is 0 Å². The minimum Gasteiger partial charge on any atom is -0.371 e. The molecule has 0 radical (unpaired) electrons. The fraction of sp³-hybridized carbons (Fsp3) is 0.556. The normalized spacial score (nSPS) is 25.1. The number of likely N-dealkylation sites (N-methyl/N-ethyl adjacent to an activating group) is 1. The number of rotatable bonds is 1. The van der Waals surface area contributed by atoms with Crippen molar-refractivity contribution in [3.05, 3.63) is 11.8 Å². The van der Waals surface area contributed by atoms with Gasteiger partial charge in [0.05, 0.1) is 6.04 Å². The van der Waals surface area contributed by atoms with Crippen LogP contribution in [0, 0.1) is 0 Å². The third-order valence-corrected chi connectivity index (χ3v) is 2.84. The van der Waals surface area contributed by atoms with Gasteiger partial charge in [-0.25, -0.2) is 9.69 Å². The first kappa shape index (κ1) is 12.7. The molecule has 1 saturated heterocycles. The van der Waals surface area contributed by atoms with Crippen LogP contribution in [0.2, 0.25) is 0 Å². The molecule has 1 aliphatic rings. The standard InChI is InChI=1S/C9H10F3N3O3/c1-4-7(16)15(8(17)14(4)2)6-3-5(18-13-6)9(10,11)12/h3-4,7,16H,1-2H3. The predicted octanol–water partition coefficient (Wildman–Crippen LogP) is 1.27. The van der Waals surface area contributed by atoms with Crippen LogP contribution in [0.4, 0.5) is 23.8 Å².